The van der Waals surface area contributed by atoms with E-state index in [1.165, 1.54) is 17.8 Å². The second-order valence-electron chi connectivity index (χ2n) is 7.55. The second-order valence-corrected chi connectivity index (χ2v) is 8.56. The van der Waals surface area contributed by atoms with Gasteiger partial charge >= 0.3 is 6.09 Å². The van der Waals surface area contributed by atoms with Crippen molar-refractivity contribution in [2.24, 2.45) is 10.9 Å². The number of fused-ring (bicyclic) bond motifs is 1. The molecule has 25 heavy (non-hydrogen) atoms. The smallest absolute Gasteiger partial charge is 0.413 e. The van der Waals surface area contributed by atoms with Crippen LogP contribution in [0.3, 0.4) is 0 Å². The average molecular weight is 366 g/mol. The Hall–Kier alpha value is -1.60. The minimum Gasteiger partial charge on any atom is -0.444 e. The molecule has 1 fully saturated rings. The van der Waals surface area contributed by atoms with Crippen LogP contribution in [0.5, 0.6) is 0 Å². The van der Waals surface area contributed by atoms with Crippen molar-refractivity contribution in [3.05, 3.63) is 35.6 Å². The zero-order chi connectivity index (χ0) is 18.2. The van der Waals surface area contributed by atoms with E-state index in [0.29, 0.717) is 29.3 Å². The highest BCUT2D eigenvalue weighted by Gasteiger charge is 2.51. The number of halogens is 1. The summed E-state index contributed by atoms with van der Waals surface area (Å²) in [7, 11) is 0. The molecule has 2 aliphatic rings. The summed E-state index contributed by atoms with van der Waals surface area (Å²) in [5, 5.41) is 13.3. The van der Waals surface area contributed by atoms with Crippen molar-refractivity contribution in [3.8, 4) is 0 Å². The minimum absolute atomic E-state index is 0.0218. The van der Waals surface area contributed by atoms with Crippen LogP contribution in [0, 0.1) is 11.7 Å². The molecule has 0 spiro atoms. The van der Waals surface area contributed by atoms with Gasteiger partial charge in [0.15, 0.2) is 5.17 Å². The number of nitrogens with one attached hydrogen (secondary N) is 1. The van der Waals surface area contributed by atoms with Gasteiger partial charge in [0, 0.05) is 23.7 Å². The van der Waals surface area contributed by atoms with Crippen molar-refractivity contribution in [1.82, 2.24) is 5.32 Å². The quantitative estimate of drug-likeness (QED) is 0.799. The lowest BCUT2D eigenvalue weighted by Crippen LogP contribution is -2.42. The Morgan fingerprint density at radius 2 is 2.16 bits per heavy atom. The van der Waals surface area contributed by atoms with Crippen LogP contribution in [0.4, 0.5) is 9.18 Å². The number of aliphatic hydroxyl groups excluding tert-OH is 1. The third kappa shape index (κ3) is 3.82. The summed E-state index contributed by atoms with van der Waals surface area (Å²) < 4.78 is 19.7. The van der Waals surface area contributed by atoms with Gasteiger partial charge in [-0.1, -0.05) is 30.0 Å². The van der Waals surface area contributed by atoms with E-state index in [1.807, 2.05) is 0 Å². The second kappa shape index (κ2) is 6.61. The van der Waals surface area contributed by atoms with E-state index in [0.717, 1.165) is 0 Å². The van der Waals surface area contributed by atoms with Gasteiger partial charge in [-0.2, -0.15) is 0 Å². The first-order valence-corrected chi connectivity index (χ1v) is 9.34. The Bertz CT molecular complexity index is 704. The first-order chi connectivity index (χ1) is 11.7. The van der Waals surface area contributed by atoms with Gasteiger partial charge in [-0.05, 0) is 33.3 Å². The van der Waals surface area contributed by atoms with Gasteiger partial charge in [0.2, 0.25) is 0 Å². The number of benzene rings is 1. The maximum atomic E-state index is 14.5. The molecule has 1 saturated carbocycles. The first kappa shape index (κ1) is 18.2. The van der Waals surface area contributed by atoms with Crippen LogP contribution in [0.2, 0.25) is 0 Å². The Morgan fingerprint density at radius 1 is 1.44 bits per heavy atom. The lowest BCUT2D eigenvalue weighted by molar-refractivity contribution is 0.0564. The molecule has 0 radical (unpaired) electrons. The summed E-state index contributed by atoms with van der Waals surface area (Å²) in [4.78, 5) is 16.7. The van der Waals surface area contributed by atoms with Gasteiger partial charge in [-0.15, -0.1) is 0 Å². The van der Waals surface area contributed by atoms with Crippen LogP contribution in [-0.4, -0.2) is 33.8 Å². The highest BCUT2D eigenvalue weighted by molar-refractivity contribution is 8.13. The molecule has 0 bridgehead atoms. The number of thioether (sulfide) groups is 1. The molecule has 1 aliphatic heterocycles. The number of ether oxygens (including phenoxy) is 1. The number of aliphatic hydroxyl groups is 1. The average Bonchev–Trinajstić information content (AvgIpc) is 2.81. The van der Waals surface area contributed by atoms with Crippen molar-refractivity contribution in [2.45, 2.75) is 50.9 Å². The molecular weight excluding hydrogens is 343 g/mol. The molecule has 1 aromatic rings. The fourth-order valence-corrected chi connectivity index (χ4v) is 4.68. The van der Waals surface area contributed by atoms with Crippen molar-refractivity contribution in [1.29, 1.82) is 0 Å². The largest absolute Gasteiger partial charge is 0.444 e. The fourth-order valence-electron chi connectivity index (χ4n) is 3.53. The standard InChI is InChI=1S/C18H23FN2O3S/c1-17(2,3)24-16(23)20-15-21-18(13-6-4-5-7-14(13)19)9-12(22)8-11(18)10-25-15/h4-7,11-12,22H,8-10H2,1-3H3,(H,20,21,23)/t11?,12-,18-/m0/s1. The Balaban J connectivity index is 1.92. The van der Waals surface area contributed by atoms with E-state index in [2.05, 4.69) is 5.32 Å². The zero-order valence-corrected chi connectivity index (χ0v) is 15.4. The van der Waals surface area contributed by atoms with E-state index in [-0.39, 0.29) is 11.7 Å². The minimum atomic E-state index is -0.847. The molecule has 1 amide bonds. The molecule has 136 valence electrons. The van der Waals surface area contributed by atoms with Gasteiger partial charge < -0.3 is 9.84 Å². The molecule has 7 heteroatoms. The van der Waals surface area contributed by atoms with E-state index < -0.39 is 23.3 Å². The number of amides is 1. The lowest BCUT2D eigenvalue weighted by Gasteiger charge is -2.36. The lowest BCUT2D eigenvalue weighted by atomic mass is 9.81. The number of nitrogens with zero attached hydrogens (tertiary/aromatic N) is 1. The highest BCUT2D eigenvalue weighted by Crippen LogP contribution is 2.51. The number of carbonyl (C=O) groups is 1. The number of hydrogen-bond donors (Lipinski definition) is 2. The summed E-state index contributed by atoms with van der Waals surface area (Å²) in [6.07, 6.45) is -0.197. The summed E-state index contributed by atoms with van der Waals surface area (Å²) in [5.41, 5.74) is -0.986. The van der Waals surface area contributed by atoms with Crippen molar-refractivity contribution < 1.29 is 19.0 Å². The van der Waals surface area contributed by atoms with Gasteiger partial charge in [-0.25, -0.2) is 9.18 Å². The maximum Gasteiger partial charge on any atom is 0.413 e. The highest BCUT2D eigenvalue weighted by atomic mass is 32.2. The molecule has 1 aromatic carbocycles. The van der Waals surface area contributed by atoms with Crippen LogP contribution in [-0.2, 0) is 10.3 Å². The molecule has 3 rings (SSSR count). The summed E-state index contributed by atoms with van der Waals surface area (Å²) in [6, 6.07) is 6.53. The van der Waals surface area contributed by atoms with Crippen molar-refractivity contribution >= 4 is 23.0 Å². The molecule has 3 atom stereocenters. The molecule has 0 saturated heterocycles. The fraction of sp³-hybridized carbons (Fsp3) is 0.556. The summed E-state index contributed by atoms with van der Waals surface area (Å²) in [5.74, 6) is 0.336. The Labute approximate surface area is 151 Å². The third-order valence-electron chi connectivity index (χ3n) is 4.45. The first-order valence-electron chi connectivity index (χ1n) is 8.35. The normalized spacial score (nSPS) is 28.9. The number of alkyl carbamates (subject to hydrolysis) is 1. The summed E-state index contributed by atoms with van der Waals surface area (Å²) >= 11 is 1.40. The zero-order valence-electron chi connectivity index (χ0n) is 14.6. The van der Waals surface area contributed by atoms with Crippen LogP contribution in [0.1, 0.15) is 39.2 Å². The number of aliphatic imine (C=N–C) groups is 1. The molecule has 1 aliphatic carbocycles. The monoisotopic (exact) mass is 366 g/mol. The van der Waals surface area contributed by atoms with E-state index >= 15 is 0 Å². The Morgan fingerprint density at radius 3 is 2.84 bits per heavy atom. The molecule has 5 nitrogen and oxygen atoms in total. The van der Waals surface area contributed by atoms with Crippen molar-refractivity contribution in [3.63, 3.8) is 0 Å². The maximum absolute atomic E-state index is 14.5. The molecular formula is C18H23FN2O3S. The van der Waals surface area contributed by atoms with E-state index in [1.54, 1.807) is 39.0 Å². The third-order valence-corrected chi connectivity index (χ3v) is 5.49. The van der Waals surface area contributed by atoms with Gasteiger partial charge in [-0.3, -0.25) is 10.3 Å². The summed E-state index contributed by atoms with van der Waals surface area (Å²) in [6.45, 7) is 5.35. The van der Waals surface area contributed by atoms with Crippen LogP contribution < -0.4 is 5.32 Å². The van der Waals surface area contributed by atoms with Crippen molar-refractivity contribution in [2.75, 3.05) is 5.75 Å². The topological polar surface area (TPSA) is 70.9 Å². The molecule has 2 N–H and O–H groups in total. The van der Waals surface area contributed by atoms with Gasteiger partial charge in [0.1, 0.15) is 11.4 Å². The predicted molar refractivity (Wildman–Crippen MR) is 96.1 cm³/mol. The number of amidine groups is 1. The SMILES string of the molecule is CC(C)(C)OC(=O)NC1=N[C@@]2(c3ccccc3F)C[C@@H](O)CC2CS1. The predicted octanol–water partition coefficient (Wildman–Crippen LogP) is 3.42. The Kier molecular flexibility index (Phi) is 4.81. The van der Waals surface area contributed by atoms with E-state index in [4.69, 9.17) is 9.73 Å². The van der Waals surface area contributed by atoms with Gasteiger partial charge in [0.25, 0.3) is 0 Å². The number of rotatable bonds is 1. The number of hydrogen-bond acceptors (Lipinski definition) is 5. The van der Waals surface area contributed by atoms with Crippen LogP contribution >= 0.6 is 11.8 Å². The molecule has 0 aromatic heterocycles. The van der Waals surface area contributed by atoms with Gasteiger partial charge in [0.05, 0.1) is 11.6 Å². The molecule has 1 unspecified atom stereocenters. The molecule has 1 heterocycles. The van der Waals surface area contributed by atoms with Crippen LogP contribution in [0.25, 0.3) is 0 Å². The van der Waals surface area contributed by atoms with E-state index in [9.17, 15) is 14.3 Å². The van der Waals surface area contributed by atoms with Crippen LogP contribution in [0.15, 0.2) is 29.3 Å². The number of carbonyl (C=O) groups excluding carboxylic acids is 1.